The van der Waals surface area contributed by atoms with Crippen LogP contribution in [0.3, 0.4) is 0 Å². The molecule has 3 unspecified atom stereocenters. The molecule has 9 nitrogen and oxygen atoms in total. The van der Waals surface area contributed by atoms with Gasteiger partial charge < -0.3 is 10.3 Å². The van der Waals surface area contributed by atoms with E-state index in [9.17, 15) is 10.1 Å². The van der Waals surface area contributed by atoms with E-state index in [1.165, 1.54) is 0 Å². The molecule has 1 fully saturated rings. The van der Waals surface area contributed by atoms with Gasteiger partial charge in [0.2, 0.25) is 0 Å². The number of benzene rings is 1. The third-order valence-corrected chi connectivity index (χ3v) is 6.33. The van der Waals surface area contributed by atoms with Gasteiger partial charge in [-0.1, -0.05) is 30.2 Å². The Morgan fingerprint density at radius 2 is 2.03 bits per heavy atom. The number of aromatic nitrogens is 6. The second kappa shape index (κ2) is 8.30. The Balaban J connectivity index is 1.48. The third kappa shape index (κ3) is 3.54. The van der Waals surface area contributed by atoms with Crippen molar-refractivity contribution in [2.24, 2.45) is 5.92 Å². The molecule has 162 valence electrons. The number of aromatic amines is 1. The molecule has 3 aromatic heterocycles. The predicted octanol–water partition coefficient (Wildman–Crippen LogP) is 3.92. The summed E-state index contributed by atoms with van der Waals surface area (Å²) in [5.41, 5.74) is 2.47. The van der Waals surface area contributed by atoms with Gasteiger partial charge in [0.15, 0.2) is 5.82 Å². The topological polar surface area (TPSA) is 117 Å². The zero-order chi connectivity index (χ0) is 22.1. The monoisotopic (exact) mass is 428 g/mol. The molecule has 5 rings (SSSR count). The number of nitrogens with zero attached hydrogens (tertiary/aromatic N) is 6. The van der Waals surface area contributed by atoms with E-state index in [2.05, 4.69) is 33.6 Å². The van der Waals surface area contributed by atoms with Crippen LogP contribution in [-0.2, 0) is 0 Å². The van der Waals surface area contributed by atoms with E-state index in [1.54, 1.807) is 17.1 Å². The van der Waals surface area contributed by atoms with Gasteiger partial charge in [-0.05, 0) is 43.5 Å². The first-order valence-electron chi connectivity index (χ1n) is 10.9. The first-order valence-corrected chi connectivity index (χ1v) is 10.9. The molecule has 32 heavy (non-hydrogen) atoms. The van der Waals surface area contributed by atoms with Gasteiger partial charge in [-0.3, -0.25) is 9.48 Å². The number of nitriles is 1. The van der Waals surface area contributed by atoms with Crippen molar-refractivity contribution < 1.29 is 0 Å². The van der Waals surface area contributed by atoms with Crippen molar-refractivity contribution in [2.45, 2.75) is 44.7 Å². The minimum atomic E-state index is -0.197. The van der Waals surface area contributed by atoms with Gasteiger partial charge in [0.1, 0.15) is 5.39 Å². The molecule has 1 aliphatic rings. The van der Waals surface area contributed by atoms with Crippen molar-refractivity contribution in [1.29, 1.82) is 5.26 Å². The van der Waals surface area contributed by atoms with Gasteiger partial charge in [0, 0.05) is 18.1 Å². The van der Waals surface area contributed by atoms with Crippen LogP contribution in [-0.4, -0.2) is 29.8 Å². The smallest absolute Gasteiger partial charge is 0.261 e. The van der Waals surface area contributed by atoms with Crippen molar-refractivity contribution in [3.63, 3.8) is 0 Å². The number of H-pyrrole nitrogens is 1. The number of hydrogen-bond acceptors (Lipinski definition) is 6. The Labute approximate surface area is 184 Å². The number of rotatable bonds is 5. The van der Waals surface area contributed by atoms with Gasteiger partial charge in [-0.25, -0.2) is 4.68 Å². The molecule has 3 atom stereocenters. The lowest BCUT2D eigenvalue weighted by Gasteiger charge is -2.27. The highest BCUT2D eigenvalue weighted by atomic mass is 16.1. The van der Waals surface area contributed by atoms with Gasteiger partial charge in [-0.15, -0.1) is 5.10 Å². The highest BCUT2D eigenvalue weighted by molar-refractivity contribution is 5.91. The van der Waals surface area contributed by atoms with Crippen molar-refractivity contribution in [1.82, 2.24) is 29.8 Å². The van der Waals surface area contributed by atoms with Crippen LogP contribution in [0.2, 0.25) is 0 Å². The fraction of sp³-hybridized carbons (Fsp3) is 0.348. The van der Waals surface area contributed by atoms with E-state index in [0.29, 0.717) is 11.2 Å². The minimum Gasteiger partial charge on any atom is -0.338 e. The average Bonchev–Trinajstić information content (AvgIpc) is 3.48. The highest BCUT2D eigenvalue weighted by Crippen LogP contribution is 2.36. The number of hydrogen-bond donors (Lipinski definition) is 2. The molecule has 1 aliphatic carbocycles. The second-order valence-electron chi connectivity index (χ2n) is 8.25. The Morgan fingerprint density at radius 3 is 2.78 bits per heavy atom. The van der Waals surface area contributed by atoms with Crippen LogP contribution in [0, 0.1) is 17.2 Å². The van der Waals surface area contributed by atoms with Crippen LogP contribution in [0.1, 0.15) is 50.3 Å². The van der Waals surface area contributed by atoms with E-state index in [-0.39, 0.29) is 23.6 Å². The largest absolute Gasteiger partial charge is 0.338 e. The Bertz CT molecular complexity index is 1310. The summed E-state index contributed by atoms with van der Waals surface area (Å²) in [5.74, 6) is 0.401. The Hall–Kier alpha value is -3.93. The molecule has 1 aromatic carbocycles. The van der Waals surface area contributed by atoms with Crippen molar-refractivity contribution >= 4 is 22.4 Å². The Kier molecular flexibility index (Phi) is 5.19. The molecule has 4 aromatic rings. The first-order chi connectivity index (χ1) is 15.7. The summed E-state index contributed by atoms with van der Waals surface area (Å²) < 4.78 is 3.67. The summed E-state index contributed by atoms with van der Waals surface area (Å²) in [7, 11) is 0. The lowest BCUT2D eigenvalue weighted by molar-refractivity contribution is 0.277. The first kappa shape index (κ1) is 20.0. The van der Waals surface area contributed by atoms with Crippen LogP contribution in [0.4, 0.5) is 11.5 Å². The average molecular weight is 429 g/mol. The van der Waals surface area contributed by atoms with Gasteiger partial charge >= 0.3 is 0 Å². The highest BCUT2D eigenvalue weighted by Gasteiger charge is 2.29. The molecule has 0 radical (unpaired) electrons. The summed E-state index contributed by atoms with van der Waals surface area (Å²) in [6.45, 7) is 2.06. The predicted molar refractivity (Wildman–Crippen MR) is 121 cm³/mol. The van der Waals surface area contributed by atoms with Crippen molar-refractivity contribution in [3.8, 4) is 6.07 Å². The number of fused-ring (bicyclic) bond motifs is 1. The van der Waals surface area contributed by atoms with E-state index >= 15 is 0 Å². The van der Waals surface area contributed by atoms with Crippen molar-refractivity contribution in [3.05, 3.63) is 64.8 Å². The lowest BCUT2D eigenvalue weighted by Crippen LogP contribution is -2.23. The van der Waals surface area contributed by atoms with E-state index in [4.69, 9.17) is 5.10 Å². The molecule has 0 saturated heterocycles. The van der Waals surface area contributed by atoms with Crippen LogP contribution in [0.25, 0.3) is 10.9 Å². The molecule has 9 heteroatoms. The number of pyridine rings is 1. The van der Waals surface area contributed by atoms with Crippen molar-refractivity contribution in [2.75, 3.05) is 5.32 Å². The number of anilines is 2. The van der Waals surface area contributed by atoms with E-state index in [0.717, 1.165) is 42.5 Å². The summed E-state index contributed by atoms with van der Waals surface area (Å²) >= 11 is 0. The summed E-state index contributed by atoms with van der Waals surface area (Å²) in [4.78, 5) is 15.4. The molecule has 0 bridgehead atoms. The normalized spacial score (nSPS) is 19.5. The minimum absolute atomic E-state index is 0.0282. The standard InChI is InChI=1S/C23H24N8O/c1-15(30-13-12-26-29-30)16-6-8-18(9-7-16)27-22-21-20(10-11-25-23(21)32)31(28-22)19-5-3-2-4-17(19)14-24/h6-13,15,17,19H,2-5H2,1H3,(H,25,32)(H,27,28). The summed E-state index contributed by atoms with van der Waals surface area (Å²) in [5, 5.41) is 26.2. The Morgan fingerprint density at radius 1 is 1.22 bits per heavy atom. The SMILES string of the molecule is CC(c1ccc(Nc2nn(C3CCCCC3C#N)c3cc[nH]c(=O)c23)cc1)n1ccnn1. The maximum atomic E-state index is 12.7. The molecular formula is C23H24N8O. The van der Waals surface area contributed by atoms with Crippen LogP contribution in [0.15, 0.2) is 53.7 Å². The quantitative estimate of drug-likeness (QED) is 0.497. The van der Waals surface area contributed by atoms with Crippen LogP contribution >= 0.6 is 0 Å². The molecule has 1 saturated carbocycles. The fourth-order valence-electron chi connectivity index (χ4n) is 4.55. The van der Waals surface area contributed by atoms with Gasteiger partial charge in [-0.2, -0.15) is 10.4 Å². The molecule has 0 aliphatic heterocycles. The van der Waals surface area contributed by atoms with E-state index in [1.807, 2.05) is 41.2 Å². The molecule has 3 heterocycles. The lowest BCUT2D eigenvalue weighted by atomic mass is 9.85. The summed E-state index contributed by atoms with van der Waals surface area (Å²) in [6, 6.07) is 12.3. The summed E-state index contributed by atoms with van der Waals surface area (Å²) in [6.07, 6.45) is 8.99. The third-order valence-electron chi connectivity index (χ3n) is 6.33. The second-order valence-corrected chi connectivity index (χ2v) is 8.25. The van der Waals surface area contributed by atoms with Gasteiger partial charge in [0.25, 0.3) is 5.56 Å². The molecule has 0 amide bonds. The van der Waals surface area contributed by atoms with Gasteiger partial charge in [0.05, 0.1) is 35.8 Å². The van der Waals surface area contributed by atoms with Crippen LogP contribution in [0.5, 0.6) is 0 Å². The number of nitrogens with one attached hydrogen (secondary N) is 2. The molecule has 0 spiro atoms. The fourth-order valence-corrected chi connectivity index (χ4v) is 4.55. The molecular weight excluding hydrogens is 404 g/mol. The molecule has 2 N–H and O–H groups in total. The zero-order valence-corrected chi connectivity index (χ0v) is 17.8. The maximum Gasteiger partial charge on any atom is 0.261 e. The zero-order valence-electron chi connectivity index (χ0n) is 17.8. The van der Waals surface area contributed by atoms with E-state index < -0.39 is 0 Å². The maximum absolute atomic E-state index is 12.7. The van der Waals surface area contributed by atoms with Crippen LogP contribution < -0.4 is 10.9 Å².